The number of hydrogen-bond acceptors (Lipinski definition) is 4. The lowest BCUT2D eigenvalue weighted by Crippen LogP contribution is -2.35. The summed E-state index contributed by atoms with van der Waals surface area (Å²) in [5, 5.41) is 3.52. The number of esters is 1. The van der Waals surface area contributed by atoms with Crippen LogP contribution in [0.2, 0.25) is 0 Å². The molecule has 1 fully saturated rings. The lowest BCUT2D eigenvalue weighted by atomic mass is 9.70. The second-order valence-corrected chi connectivity index (χ2v) is 7.05. The van der Waals surface area contributed by atoms with Gasteiger partial charge < -0.3 is 15.8 Å². The number of benzene rings is 1. The second-order valence-electron chi connectivity index (χ2n) is 7.05. The maximum Gasteiger partial charge on any atom is 0.340 e. The number of carbonyl (C=O) groups excluding carboxylic acids is 1. The van der Waals surface area contributed by atoms with Crippen LogP contribution in [0, 0.1) is 11.3 Å². The van der Waals surface area contributed by atoms with Crippen LogP contribution < -0.4 is 11.1 Å². The molecule has 0 spiro atoms. The largest absolute Gasteiger partial charge is 0.465 e. The number of anilines is 2. The SMILES string of the molecule is COC(=O)c1cc(N)ccc1NC1CC(C)CC(C)(C)C1. The van der Waals surface area contributed by atoms with E-state index in [1.54, 1.807) is 6.07 Å². The Balaban J connectivity index is 2.21. The van der Waals surface area contributed by atoms with Crippen molar-refractivity contribution in [2.24, 2.45) is 11.3 Å². The molecule has 2 atom stereocenters. The predicted octanol–water partition coefficient (Wildman–Crippen LogP) is 3.68. The Bertz CT molecular complexity index is 526. The van der Waals surface area contributed by atoms with Crippen LogP contribution in [0.4, 0.5) is 11.4 Å². The third-order valence-electron chi connectivity index (χ3n) is 4.20. The summed E-state index contributed by atoms with van der Waals surface area (Å²) in [6.45, 7) is 6.91. The van der Waals surface area contributed by atoms with Crippen molar-refractivity contribution in [3.8, 4) is 0 Å². The quantitative estimate of drug-likeness (QED) is 0.658. The van der Waals surface area contributed by atoms with Gasteiger partial charge in [-0.2, -0.15) is 0 Å². The van der Waals surface area contributed by atoms with E-state index in [2.05, 4.69) is 26.1 Å². The van der Waals surface area contributed by atoms with E-state index in [9.17, 15) is 4.79 Å². The normalized spacial score (nSPS) is 24.4. The van der Waals surface area contributed by atoms with Crippen LogP contribution in [0.15, 0.2) is 18.2 Å². The summed E-state index contributed by atoms with van der Waals surface area (Å²) in [4.78, 5) is 11.9. The third kappa shape index (κ3) is 3.90. The van der Waals surface area contributed by atoms with Gasteiger partial charge in [-0.25, -0.2) is 4.79 Å². The number of carbonyl (C=O) groups is 1. The molecule has 116 valence electrons. The van der Waals surface area contributed by atoms with Gasteiger partial charge in [-0.3, -0.25) is 0 Å². The molecule has 0 aliphatic heterocycles. The minimum atomic E-state index is -0.354. The summed E-state index contributed by atoms with van der Waals surface area (Å²) in [6.07, 6.45) is 3.47. The molecule has 4 heteroatoms. The number of ether oxygens (including phenoxy) is 1. The maximum absolute atomic E-state index is 11.9. The van der Waals surface area contributed by atoms with Gasteiger partial charge in [0.15, 0.2) is 0 Å². The van der Waals surface area contributed by atoms with Crippen LogP contribution in [-0.2, 0) is 4.74 Å². The van der Waals surface area contributed by atoms with Crippen molar-refractivity contribution in [2.75, 3.05) is 18.2 Å². The number of nitrogens with one attached hydrogen (secondary N) is 1. The molecule has 0 heterocycles. The Hall–Kier alpha value is -1.71. The molecule has 0 radical (unpaired) electrons. The summed E-state index contributed by atoms with van der Waals surface area (Å²) in [7, 11) is 1.39. The van der Waals surface area contributed by atoms with E-state index < -0.39 is 0 Å². The highest BCUT2D eigenvalue weighted by Crippen LogP contribution is 2.39. The van der Waals surface area contributed by atoms with E-state index in [0.29, 0.717) is 28.6 Å². The first-order chi connectivity index (χ1) is 9.80. The van der Waals surface area contributed by atoms with Gasteiger partial charge in [0.2, 0.25) is 0 Å². The molecule has 0 aromatic heterocycles. The monoisotopic (exact) mass is 290 g/mol. The zero-order valence-corrected chi connectivity index (χ0v) is 13.4. The van der Waals surface area contributed by atoms with Gasteiger partial charge in [-0.05, 0) is 48.8 Å². The Morgan fingerprint density at radius 1 is 1.38 bits per heavy atom. The molecule has 1 aliphatic rings. The average Bonchev–Trinajstić information content (AvgIpc) is 2.37. The van der Waals surface area contributed by atoms with Crippen molar-refractivity contribution >= 4 is 17.3 Å². The van der Waals surface area contributed by atoms with Crippen molar-refractivity contribution < 1.29 is 9.53 Å². The van der Waals surface area contributed by atoms with Gasteiger partial charge in [-0.1, -0.05) is 20.8 Å². The average molecular weight is 290 g/mol. The molecule has 2 rings (SSSR count). The minimum absolute atomic E-state index is 0.328. The second kappa shape index (κ2) is 5.96. The first-order valence-electron chi connectivity index (χ1n) is 7.55. The fourth-order valence-electron chi connectivity index (χ4n) is 3.64. The van der Waals surface area contributed by atoms with Crippen molar-refractivity contribution in [3.05, 3.63) is 23.8 Å². The highest BCUT2D eigenvalue weighted by atomic mass is 16.5. The number of nitrogens with two attached hydrogens (primary N) is 1. The standard InChI is InChI=1S/C17H26N2O2/c1-11-7-13(10-17(2,3)9-11)19-15-6-5-12(18)8-14(15)16(20)21-4/h5-6,8,11,13,19H,7,9-10,18H2,1-4H3. The molecule has 0 saturated heterocycles. The summed E-state index contributed by atoms with van der Waals surface area (Å²) >= 11 is 0. The number of rotatable bonds is 3. The van der Waals surface area contributed by atoms with Gasteiger partial charge in [-0.15, -0.1) is 0 Å². The molecule has 1 aromatic carbocycles. The molecular weight excluding hydrogens is 264 g/mol. The van der Waals surface area contributed by atoms with Crippen LogP contribution >= 0.6 is 0 Å². The lowest BCUT2D eigenvalue weighted by molar-refractivity contribution is 0.0602. The van der Waals surface area contributed by atoms with E-state index in [-0.39, 0.29) is 5.97 Å². The van der Waals surface area contributed by atoms with E-state index in [0.717, 1.165) is 18.5 Å². The Kier molecular flexibility index (Phi) is 4.45. The van der Waals surface area contributed by atoms with Gasteiger partial charge in [0.05, 0.1) is 12.7 Å². The lowest BCUT2D eigenvalue weighted by Gasteiger charge is -2.39. The minimum Gasteiger partial charge on any atom is -0.465 e. The smallest absolute Gasteiger partial charge is 0.340 e. The van der Waals surface area contributed by atoms with Gasteiger partial charge in [0.1, 0.15) is 0 Å². The Morgan fingerprint density at radius 3 is 2.71 bits per heavy atom. The van der Waals surface area contributed by atoms with E-state index in [1.165, 1.54) is 13.5 Å². The summed E-state index contributed by atoms with van der Waals surface area (Å²) in [6, 6.07) is 5.72. The molecule has 0 bridgehead atoms. The highest BCUT2D eigenvalue weighted by Gasteiger charge is 2.32. The van der Waals surface area contributed by atoms with Crippen molar-refractivity contribution in [1.29, 1.82) is 0 Å². The highest BCUT2D eigenvalue weighted by molar-refractivity contribution is 5.96. The third-order valence-corrected chi connectivity index (χ3v) is 4.20. The summed E-state index contributed by atoms with van der Waals surface area (Å²) in [5.41, 5.74) is 8.00. The van der Waals surface area contributed by atoms with Crippen LogP contribution in [0.1, 0.15) is 50.4 Å². The van der Waals surface area contributed by atoms with Crippen LogP contribution in [0.5, 0.6) is 0 Å². The first-order valence-corrected chi connectivity index (χ1v) is 7.55. The van der Waals surface area contributed by atoms with Crippen molar-refractivity contribution in [3.63, 3.8) is 0 Å². The van der Waals surface area contributed by atoms with Crippen LogP contribution in [0.25, 0.3) is 0 Å². The van der Waals surface area contributed by atoms with Crippen molar-refractivity contribution in [2.45, 2.75) is 46.1 Å². The molecule has 4 nitrogen and oxygen atoms in total. The number of nitrogen functional groups attached to an aromatic ring is 1. The van der Waals surface area contributed by atoms with Crippen molar-refractivity contribution in [1.82, 2.24) is 0 Å². The predicted molar refractivity (Wildman–Crippen MR) is 86.4 cm³/mol. The number of hydrogen-bond donors (Lipinski definition) is 2. The molecule has 1 aromatic rings. The zero-order valence-electron chi connectivity index (χ0n) is 13.4. The molecule has 3 N–H and O–H groups in total. The van der Waals surface area contributed by atoms with Gasteiger partial charge in [0.25, 0.3) is 0 Å². The fraction of sp³-hybridized carbons (Fsp3) is 0.588. The zero-order chi connectivity index (χ0) is 15.6. The molecule has 21 heavy (non-hydrogen) atoms. The molecule has 0 amide bonds. The van der Waals surface area contributed by atoms with E-state index in [4.69, 9.17) is 10.5 Å². The Morgan fingerprint density at radius 2 is 2.10 bits per heavy atom. The van der Waals surface area contributed by atoms with E-state index in [1.807, 2.05) is 12.1 Å². The maximum atomic E-state index is 11.9. The van der Waals surface area contributed by atoms with Gasteiger partial charge in [0, 0.05) is 17.4 Å². The topological polar surface area (TPSA) is 64.3 Å². The summed E-state index contributed by atoms with van der Waals surface area (Å²) < 4.78 is 4.85. The molecule has 1 saturated carbocycles. The fourth-order valence-corrected chi connectivity index (χ4v) is 3.64. The Labute approximate surface area is 127 Å². The first kappa shape index (κ1) is 15.7. The van der Waals surface area contributed by atoms with Crippen LogP contribution in [0.3, 0.4) is 0 Å². The molecule has 2 unspecified atom stereocenters. The number of methoxy groups -OCH3 is 1. The van der Waals surface area contributed by atoms with E-state index >= 15 is 0 Å². The molecule has 1 aliphatic carbocycles. The molecular formula is C17H26N2O2. The van der Waals surface area contributed by atoms with Crippen LogP contribution in [-0.4, -0.2) is 19.1 Å². The van der Waals surface area contributed by atoms with Gasteiger partial charge >= 0.3 is 5.97 Å². The summed E-state index contributed by atoms with van der Waals surface area (Å²) in [5.74, 6) is 0.328.